The maximum absolute atomic E-state index is 11.5. The summed E-state index contributed by atoms with van der Waals surface area (Å²) >= 11 is 0. The molecule has 1 aliphatic carbocycles. The van der Waals surface area contributed by atoms with Gasteiger partial charge in [-0.3, -0.25) is 0 Å². The first-order valence-corrected chi connectivity index (χ1v) is 6.01. The van der Waals surface area contributed by atoms with Crippen LogP contribution in [0.1, 0.15) is 47.0 Å². The predicted molar refractivity (Wildman–Crippen MR) is 64.2 cm³/mol. The van der Waals surface area contributed by atoms with Crippen LogP contribution in [0.25, 0.3) is 0 Å². The number of hydrogen-bond acceptors (Lipinski definition) is 3. The molecule has 94 valence electrons. The molecule has 0 spiro atoms. The molecule has 0 heterocycles. The molecule has 1 fully saturated rings. The van der Waals surface area contributed by atoms with Gasteiger partial charge in [-0.05, 0) is 40.0 Å². The molecule has 1 aliphatic rings. The molecule has 1 atom stereocenters. The molecule has 1 rings (SSSR count). The van der Waals surface area contributed by atoms with Gasteiger partial charge in [0.05, 0.1) is 0 Å². The van der Waals surface area contributed by atoms with Crippen molar-refractivity contribution in [3.63, 3.8) is 0 Å². The van der Waals surface area contributed by atoms with Gasteiger partial charge in [0.15, 0.2) is 0 Å². The van der Waals surface area contributed by atoms with Crippen molar-refractivity contribution >= 4 is 6.09 Å². The van der Waals surface area contributed by atoms with E-state index in [1.165, 1.54) is 0 Å². The summed E-state index contributed by atoms with van der Waals surface area (Å²) in [5.74, 6) is 0. The van der Waals surface area contributed by atoms with Gasteiger partial charge in [-0.25, -0.2) is 4.79 Å². The number of ether oxygens (including phenoxy) is 1. The van der Waals surface area contributed by atoms with Crippen molar-refractivity contribution in [1.82, 2.24) is 5.32 Å². The summed E-state index contributed by atoms with van der Waals surface area (Å²) < 4.78 is 5.18. The van der Waals surface area contributed by atoms with E-state index in [1.54, 1.807) is 0 Å². The van der Waals surface area contributed by atoms with Gasteiger partial charge in [-0.15, -0.1) is 0 Å². The summed E-state index contributed by atoms with van der Waals surface area (Å²) in [6.07, 6.45) is 2.83. The van der Waals surface area contributed by atoms with Crippen LogP contribution in [-0.4, -0.2) is 24.3 Å². The molecule has 4 nitrogen and oxygen atoms in total. The standard InChI is InChI=1S/C12H24N2O2/c1-5-9(13)12(6-7-12)8-14-10(15)16-11(2,3)4/h9H,5-8,13H2,1-4H3,(H,14,15). The van der Waals surface area contributed by atoms with E-state index in [-0.39, 0.29) is 17.6 Å². The van der Waals surface area contributed by atoms with Gasteiger partial charge in [0.25, 0.3) is 0 Å². The molecule has 1 unspecified atom stereocenters. The molecule has 0 bridgehead atoms. The summed E-state index contributed by atoms with van der Waals surface area (Å²) in [4.78, 5) is 11.5. The van der Waals surface area contributed by atoms with E-state index < -0.39 is 5.60 Å². The topological polar surface area (TPSA) is 64.3 Å². The number of rotatable bonds is 4. The van der Waals surface area contributed by atoms with E-state index in [0.29, 0.717) is 6.54 Å². The van der Waals surface area contributed by atoms with Crippen LogP contribution in [0.15, 0.2) is 0 Å². The van der Waals surface area contributed by atoms with Gasteiger partial charge >= 0.3 is 6.09 Å². The monoisotopic (exact) mass is 228 g/mol. The highest BCUT2D eigenvalue weighted by Crippen LogP contribution is 2.48. The lowest BCUT2D eigenvalue weighted by atomic mass is 9.95. The Morgan fingerprint density at radius 3 is 2.44 bits per heavy atom. The number of carbonyl (C=O) groups excluding carboxylic acids is 1. The van der Waals surface area contributed by atoms with Gasteiger partial charge in [-0.1, -0.05) is 6.92 Å². The molecule has 1 saturated carbocycles. The summed E-state index contributed by atoms with van der Waals surface area (Å²) in [6, 6.07) is 0.183. The predicted octanol–water partition coefficient (Wildman–Crippen LogP) is 2.03. The molecule has 0 aliphatic heterocycles. The molecule has 0 saturated heterocycles. The van der Waals surface area contributed by atoms with Crippen molar-refractivity contribution in [3.8, 4) is 0 Å². The quantitative estimate of drug-likeness (QED) is 0.773. The van der Waals surface area contributed by atoms with E-state index in [9.17, 15) is 4.79 Å². The van der Waals surface area contributed by atoms with E-state index in [2.05, 4.69) is 12.2 Å². The van der Waals surface area contributed by atoms with Crippen molar-refractivity contribution in [2.45, 2.75) is 58.6 Å². The minimum absolute atomic E-state index is 0.131. The fourth-order valence-corrected chi connectivity index (χ4v) is 1.83. The first kappa shape index (κ1) is 13.3. The highest BCUT2D eigenvalue weighted by molar-refractivity contribution is 5.67. The van der Waals surface area contributed by atoms with Crippen molar-refractivity contribution in [1.29, 1.82) is 0 Å². The molecular weight excluding hydrogens is 204 g/mol. The minimum atomic E-state index is -0.437. The second-order valence-corrected chi connectivity index (χ2v) is 5.73. The van der Waals surface area contributed by atoms with Crippen LogP contribution >= 0.6 is 0 Å². The average molecular weight is 228 g/mol. The summed E-state index contributed by atoms with van der Waals surface area (Å²) in [5, 5.41) is 2.82. The highest BCUT2D eigenvalue weighted by Gasteiger charge is 2.47. The Balaban J connectivity index is 2.32. The maximum Gasteiger partial charge on any atom is 0.407 e. The molecule has 3 N–H and O–H groups in total. The van der Waals surface area contributed by atoms with Crippen molar-refractivity contribution in [3.05, 3.63) is 0 Å². The first-order valence-electron chi connectivity index (χ1n) is 6.01. The lowest BCUT2D eigenvalue weighted by Crippen LogP contribution is -2.42. The number of nitrogens with two attached hydrogens (primary N) is 1. The van der Waals surface area contributed by atoms with Crippen LogP contribution in [-0.2, 0) is 4.74 Å². The zero-order valence-corrected chi connectivity index (χ0v) is 10.8. The summed E-state index contributed by atoms with van der Waals surface area (Å²) in [5.41, 5.74) is 5.73. The fraction of sp³-hybridized carbons (Fsp3) is 0.917. The largest absolute Gasteiger partial charge is 0.444 e. The molecule has 0 aromatic heterocycles. The van der Waals surface area contributed by atoms with Crippen LogP contribution in [0.4, 0.5) is 4.79 Å². The van der Waals surface area contributed by atoms with E-state index >= 15 is 0 Å². The van der Waals surface area contributed by atoms with Crippen molar-refractivity contribution in [2.24, 2.45) is 11.1 Å². The van der Waals surface area contributed by atoms with E-state index in [1.807, 2.05) is 20.8 Å². The smallest absolute Gasteiger partial charge is 0.407 e. The Hall–Kier alpha value is -0.770. The Kier molecular flexibility index (Phi) is 3.84. The van der Waals surface area contributed by atoms with Gasteiger partial charge < -0.3 is 15.8 Å². The van der Waals surface area contributed by atoms with Crippen LogP contribution in [0, 0.1) is 5.41 Å². The van der Waals surface area contributed by atoms with Gasteiger partial charge in [-0.2, -0.15) is 0 Å². The van der Waals surface area contributed by atoms with E-state index in [0.717, 1.165) is 19.3 Å². The van der Waals surface area contributed by atoms with Crippen LogP contribution < -0.4 is 11.1 Å². The normalized spacial score (nSPS) is 20.1. The number of nitrogens with one attached hydrogen (secondary N) is 1. The van der Waals surface area contributed by atoms with Gasteiger partial charge in [0.2, 0.25) is 0 Å². The summed E-state index contributed by atoms with van der Waals surface area (Å²) in [6.45, 7) is 8.29. The lowest BCUT2D eigenvalue weighted by Gasteiger charge is -2.24. The third-order valence-electron chi connectivity index (χ3n) is 3.10. The number of hydrogen-bond donors (Lipinski definition) is 2. The SMILES string of the molecule is CCC(N)C1(CNC(=O)OC(C)(C)C)CC1. The first-order chi connectivity index (χ1) is 7.29. The average Bonchev–Trinajstić information content (AvgIpc) is 2.92. The molecule has 0 aromatic carbocycles. The minimum Gasteiger partial charge on any atom is -0.444 e. The van der Waals surface area contributed by atoms with E-state index in [4.69, 9.17) is 10.5 Å². The second-order valence-electron chi connectivity index (χ2n) is 5.73. The fourth-order valence-electron chi connectivity index (χ4n) is 1.83. The number of alkyl carbamates (subject to hydrolysis) is 1. The Bertz CT molecular complexity index is 254. The second kappa shape index (κ2) is 4.62. The summed E-state index contributed by atoms with van der Waals surface area (Å²) in [7, 11) is 0. The maximum atomic E-state index is 11.5. The van der Waals surface area contributed by atoms with Gasteiger partial charge in [0.1, 0.15) is 5.60 Å². The molecule has 0 radical (unpaired) electrons. The zero-order valence-electron chi connectivity index (χ0n) is 10.8. The van der Waals surface area contributed by atoms with Crippen LogP contribution in [0.5, 0.6) is 0 Å². The molecule has 0 aromatic rings. The molecular formula is C12H24N2O2. The van der Waals surface area contributed by atoms with Crippen molar-refractivity contribution in [2.75, 3.05) is 6.54 Å². The zero-order chi connectivity index (χ0) is 12.4. The third kappa shape index (κ3) is 3.67. The number of carbonyl (C=O) groups is 1. The van der Waals surface area contributed by atoms with Crippen molar-refractivity contribution < 1.29 is 9.53 Å². The lowest BCUT2D eigenvalue weighted by molar-refractivity contribution is 0.0513. The Morgan fingerprint density at radius 1 is 1.50 bits per heavy atom. The highest BCUT2D eigenvalue weighted by atomic mass is 16.6. The van der Waals surface area contributed by atoms with Crippen LogP contribution in [0.2, 0.25) is 0 Å². The van der Waals surface area contributed by atoms with Crippen LogP contribution in [0.3, 0.4) is 0 Å². The third-order valence-corrected chi connectivity index (χ3v) is 3.10. The molecule has 1 amide bonds. The number of amides is 1. The Labute approximate surface area is 97.9 Å². The van der Waals surface area contributed by atoms with Gasteiger partial charge in [0, 0.05) is 18.0 Å². The molecule has 16 heavy (non-hydrogen) atoms. The molecule has 4 heteroatoms. The Morgan fingerprint density at radius 2 is 2.06 bits per heavy atom.